The van der Waals surface area contributed by atoms with E-state index in [0.29, 0.717) is 11.4 Å². The Labute approximate surface area is 125 Å². The molecular weight excluding hydrogens is 326 g/mol. The lowest BCUT2D eigenvalue weighted by Gasteiger charge is -2.24. The van der Waals surface area contributed by atoms with E-state index < -0.39 is 10.0 Å². The zero-order valence-corrected chi connectivity index (χ0v) is 14.4. The van der Waals surface area contributed by atoms with E-state index in [1.165, 1.54) is 0 Å². The zero-order valence-electron chi connectivity index (χ0n) is 12.0. The van der Waals surface area contributed by atoms with Crippen LogP contribution in [0.1, 0.15) is 31.4 Å². The Balaban J connectivity index is 2.90. The van der Waals surface area contributed by atoms with Crippen molar-refractivity contribution in [3.63, 3.8) is 0 Å². The molecule has 5 heteroatoms. The largest absolute Gasteiger partial charge is 0.240 e. The molecule has 1 rings (SSSR count). The summed E-state index contributed by atoms with van der Waals surface area (Å²) >= 11 is 3.39. The first-order valence-electron chi connectivity index (χ1n) is 6.31. The second kappa shape index (κ2) is 6.37. The minimum absolute atomic E-state index is 0.0612. The lowest BCUT2D eigenvalue weighted by Crippen LogP contribution is -2.34. The number of nitrogens with one attached hydrogen (secondary N) is 1. The van der Waals surface area contributed by atoms with Crippen LogP contribution in [0.4, 0.5) is 0 Å². The van der Waals surface area contributed by atoms with Gasteiger partial charge in [0.15, 0.2) is 0 Å². The van der Waals surface area contributed by atoms with Gasteiger partial charge in [0.2, 0.25) is 10.0 Å². The van der Waals surface area contributed by atoms with Gasteiger partial charge in [-0.05, 0) is 42.9 Å². The molecule has 0 amide bonds. The predicted octanol–water partition coefficient (Wildman–Crippen LogP) is 3.39. The van der Waals surface area contributed by atoms with Gasteiger partial charge in [0.25, 0.3) is 0 Å². The van der Waals surface area contributed by atoms with Gasteiger partial charge in [-0.3, -0.25) is 0 Å². The maximum Gasteiger partial charge on any atom is 0.240 e. The minimum Gasteiger partial charge on any atom is -0.211 e. The Morgan fingerprint density at radius 2 is 1.89 bits per heavy atom. The molecule has 0 aliphatic rings. The number of hydrogen-bond acceptors (Lipinski definition) is 2. The van der Waals surface area contributed by atoms with Crippen molar-refractivity contribution in [1.82, 2.24) is 4.72 Å². The Kier molecular flexibility index (Phi) is 5.59. The fraction of sp³-hybridized carbons (Fsp3) is 0.571. The molecule has 0 fully saturated rings. The Hall–Kier alpha value is -0.390. The molecule has 19 heavy (non-hydrogen) atoms. The molecule has 0 spiro atoms. The molecule has 0 radical (unpaired) electrons. The summed E-state index contributed by atoms with van der Waals surface area (Å²) < 4.78 is 27.4. The molecular formula is C14H22BrNO2S. The summed E-state index contributed by atoms with van der Waals surface area (Å²) in [5.41, 5.74) is 1.66. The van der Waals surface area contributed by atoms with Crippen LogP contribution in [0, 0.1) is 19.3 Å². The van der Waals surface area contributed by atoms with Gasteiger partial charge in [-0.15, -0.1) is 0 Å². The first-order valence-corrected chi connectivity index (χ1v) is 8.91. The second-order valence-corrected chi connectivity index (χ2v) is 8.23. The summed E-state index contributed by atoms with van der Waals surface area (Å²) in [6, 6.07) is 5.48. The predicted molar refractivity (Wildman–Crippen MR) is 83.3 cm³/mol. The number of aryl methyl sites for hydroxylation is 2. The summed E-state index contributed by atoms with van der Waals surface area (Å²) in [6.45, 7) is 8.26. The molecule has 0 unspecified atom stereocenters. The number of sulfonamides is 1. The standard InChI is InChI=1S/C14H22BrNO2S/c1-11-5-6-12(2)13(9-11)19(17,18)16-10-14(3,4)7-8-15/h5-6,9,16H,7-8,10H2,1-4H3. The van der Waals surface area contributed by atoms with Crippen LogP contribution in [0.2, 0.25) is 0 Å². The molecule has 0 heterocycles. The van der Waals surface area contributed by atoms with E-state index >= 15 is 0 Å². The number of halogens is 1. The van der Waals surface area contributed by atoms with E-state index in [9.17, 15) is 8.42 Å². The van der Waals surface area contributed by atoms with E-state index in [1.807, 2.05) is 26.0 Å². The highest BCUT2D eigenvalue weighted by atomic mass is 79.9. The second-order valence-electron chi connectivity index (χ2n) is 5.70. The van der Waals surface area contributed by atoms with E-state index in [1.54, 1.807) is 6.07 Å². The van der Waals surface area contributed by atoms with Crippen molar-refractivity contribution in [2.75, 3.05) is 11.9 Å². The van der Waals surface area contributed by atoms with Gasteiger partial charge < -0.3 is 0 Å². The molecule has 3 nitrogen and oxygen atoms in total. The van der Waals surface area contributed by atoms with Gasteiger partial charge in [-0.2, -0.15) is 0 Å². The van der Waals surface area contributed by atoms with Crippen molar-refractivity contribution >= 4 is 26.0 Å². The summed E-state index contributed by atoms with van der Waals surface area (Å²) in [5, 5.41) is 0.866. The van der Waals surface area contributed by atoms with Crippen LogP contribution < -0.4 is 4.72 Å². The molecule has 0 bridgehead atoms. The quantitative estimate of drug-likeness (QED) is 0.801. The molecule has 0 aromatic heterocycles. The molecule has 1 aromatic carbocycles. The third kappa shape index (κ3) is 4.89. The van der Waals surface area contributed by atoms with Crippen molar-refractivity contribution in [2.45, 2.75) is 39.0 Å². The summed E-state index contributed by atoms with van der Waals surface area (Å²) in [6.07, 6.45) is 0.919. The highest BCUT2D eigenvalue weighted by molar-refractivity contribution is 9.09. The molecule has 108 valence electrons. The maximum atomic E-state index is 12.3. The normalized spacial score (nSPS) is 12.7. The van der Waals surface area contributed by atoms with Crippen LogP contribution in [-0.4, -0.2) is 20.3 Å². The Morgan fingerprint density at radius 3 is 2.47 bits per heavy atom. The van der Waals surface area contributed by atoms with Gasteiger partial charge in [0, 0.05) is 11.9 Å². The van der Waals surface area contributed by atoms with E-state index in [2.05, 4.69) is 34.5 Å². The molecule has 0 saturated heterocycles. The molecule has 0 saturated carbocycles. The summed E-state index contributed by atoms with van der Waals surface area (Å²) in [4.78, 5) is 0.377. The van der Waals surface area contributed by atoms with Crippen molar-refractivity contribution in [3.05, 3.63) is 29.3 Å². The molecule has 0 aliphatic heterocycles. The lowest BCUT2D eigenvalue weighted by atomic mass is 9.91. The number of benzene rings is 1. The topological polar surface area (TPSA) is 46.2 Å². The molecule has 1 aromatic rings. The molecule has 0 atom stereocenters. The fourth-order valence-electron chi connectivity index (χ4n) is 1.71. The van der Waals surface area contributed by atoms with Gasteiger partial charge in [-0.1, -0.05) is 41.9 Å². The van der Waals surface area contributed by atoms with E-state index in [0.717, 1.165) is 22.9 Å². The van der Waals surface area contributed by atoms with Crippen molar-refractivity contribution in [1.29, 1.82) is 0 Å². The Morgan fingerprint density at radius 1 is 1.26 bits per heavy atom. The molecule has 0 aliphatic carbocycles. The maximum absolute atomic E-state index is 12.3. The first kappa shape index (κ1) is 16.7. The van der Waals surface area contributed by atoms with Crippen molar-refractivity contribution in [3.8, 4) is 0 Å². The van der Waals surface area contributed by atoms with Crippen molar-refractivity contribution < 1.29 is 8.42 Å². The lowest BCUT2D eigenvalue weighted by molar-refractivity contribution is 0.354. The number of rotatable bonds is 6. The number of alkyl halides is 1. The Bertz CT molecular complexity index is 538. The van der Waals surface area contributed by atoms with Crippen LogP contribution in [0.15, 0.2) is 23.1 Å². The monoisotopic (exact) mass is 347 g/mol. The summed E-state index contributed by atoms with van der Waals surface area (Å²) in [5.74, 6) is 0. The average molecular weight is 348 g/mol. The van der Waals surface area contributed by atoms with Crippen LogP contribution >= 0.6 is 15.9 Å². The minimum atomic E-state index is -3.43. The van der Waals surface area contributed by atoms with E-state index in [-0.39, 0.29) is 5.41 Å². The van der Waals surface area contributed by atoms with Crippen LogP contribution in [0.5, 0.6) is 0 Å². The first-order chi connectivity index (χ1) is 8.68. The smallest absolute Gasteiger partial charge is 0.211 e. The third-order valence-corrected chi connectivity index (χ3v) is 5.08. The third-order valence-electron chi connectivity index (χ3n) is 3.15. The highest BCUT2D eigenvalue weighted by Gasteiger charge is 2.22. The van der Waals surface area contributed by atoms with Gasteiger partial charge in [0.05, 0.1) is 4.90 Å². The fourth-order valence-corrected chi connectivity index (χ4v) is 4.35. The number of hydrogen-bond donors (Lipinski definition) is 1. The van der Waals surface area contributed by atoms with Gasteiger partial charge >= 0.3 is 0 Å². The SMILES string of the molecule is Cc1ccc(C)c(S(=O)(=O)NCC(C)(C)CCBr)c1. The zero-order chi connectivity index (χ0) is 14.7. The highest BCUT2D eigenvalue weighted by Crippen LogP contribution is 2.22. The molecule has 1 N–H and O–H groups in total. The van der Waals surface area contributed by atoms with E-state index in [4.69, 9.17) is 0 Å². The van der Waals surface area contributed by atoms with Crippen LogP contribution in [0.25, 0.3) is 0 Å². The average Bonchev–Trinajstić information content (AvgIpc) is 2.30. The van der Waals surface area contributed by atoms with Gasteiger partial charge in [0.1, 0.15) is 0 Å². The van der Waals surface area contributed by atoms with Crippen LogP contribution in [0.3, 0.4) is 0 Å². The van der Waals surface area contributed by atoms with Gasteiger partial charge in [-0.25, -0.2) is 13.1 Å². The summed E-state index contributed by atoms with van der Waals surface area (Å²) in [7, 11) is -3.43. The van der Waals surface area contributed by atoms with Crippen LogP contribution in [-0.2, 0) is 10.0 Å². The van der Waals surface area contributed by atoms with Crippen molar-refractivity contribution in [2.24, 2.45) is 5.41 Å².